The normalized spacial score (nSPS) is 12.1. The highest BCUT2D eigenvalue weighted by molar-refractivity contribution is 7.09. The van der Waals surface area contributed by atoms with Crippen LogP contribution in [0.4, 0.5) is 5.82 Å². The molecule has 6 heteroatoms. The van der Waals surface area contributed by atoms with Crippen LogP contribution in [0.15, 0.2) is 23.8 Å². The highest BCUT2D eigenvalue weighted by Crippen LogP contribution is 2.19. The number of halogens is 1. The van der Waals surface area contributed by atoms with Crippen molar-refractivity contribution in [1.29, 1.82) is 0 Å². The summed E-state index contributed by atoms with van der Waals surface area (Å²) in [5.41, 5.74) is 0.303. The van der Waals surface area contributed by atoms with Crippen LogP contribution < -0.4 is 5.32 Å². The predicted octanol–water partition coefficient (Wildman–Crippen LogP) is 3.05. The topological polar surface area (TPSA) is 54.9 Å². The zero-order chi connectivity index (χ0) is 13.0. The maximum absolute atomic E-state index is 10.9. The van der Waals surface area contributed by atoms with Crippen LogP contribution in [0.2, 0.25) is 5.15 Å². The van der Waals surface area contributed by atoms with Crippen molar-refractivity contribution in [1.82, 2.24) is 9.97 Å². The Hall–Kier alpha value is -1.46. The van der Waals surface area contributed by atoms with Gasteiger partial charge in [0.15, 0.2) is 6.29 Å². The summed E-state index contributed by atoms with van der Waals surface area (Å²) in [6.45, 7) is 2.03. The van der Waals surface area contributed by atoms with Crippen LogP contribution in [0.25, 0.3) is 0 Å². The Balaban J connectivity index is 2.09. The fourth-order valence-corrected chi connectivity index (χ4v) is 2.62. The van der Waals surface area contributed by atoms with Gasteiger partial charge in [-0.3, -0.25) is 4.79 Å². The summed E-state index contributed by atoms with van der Waals surface area (Å²) in [4.78, 5) is 20.0. The zero-order valence-corrected chi connectivity index (χ0v) is 11.3. The molecule has 0 aliphatic heterocycles. The summed E-state index contributed by atoms with van der Waals surface area (Å²) >= 11 is 7.54. The van der Waals surface area contributed by atoms with Gasteiger partial charge in [0.2, 0.25) is 0 Å². The summed E-state index contributed by atoms with van der Waals surface area (Å²) in [7, 11) is 0. The molecule has 1 unspecified atom stereocenters. The number of rotatable bonds is 5. The lowest BCUT2D eigenvalue weighted by Crippen LogP contribution is -2.19. The van der Waals surface area contributed by atoms with Crippen LogP contribution >= 0.6 is 22.9 Å². The molecule has 0 aliphatic carbocycles. The van der Waals surface area contributed by atoms with E-state index in [1.807, 2.05) is 18.4 Å². The zero-order valence-electron chi connectivity index (χ0n) is 9.76. The van der Waals surface area contributed by atoms with Crippen LogP contribution in [0.3, 0.4) is 0 Å². The van der Waals surface area contributed by atoms with Crippen LogP contribution in [0.5, 0.6) is 0 Å². The maximum atomic E-state index is 10.9. The van der Waals surface area contributed by atoms with E-state index < -0.39 is 0 Å². The van der Waals surface area contributed by atoms with Gasteiger partial charge in [-0.2, -0.15) is 0 Å². The second-order valence-electron chi connectivity index (χ2n) is 3.87. The summed E-state index contributed by atoms with van der Waals surface area (Å²) < 4.78 is 0. The van der Waals surface area contributed by atoms with Gasteiger partial charge in [0.25, 0.3) is 0 Å². The molecule has 1 atom stereocenters. The number of aldehydes is 1. The van der Waals surface area contributed by atoms with E-state index in [-0.39, 0.29) is 11.2 Å². The minimum absolute atomic E-state index is 0.160. The summed E-state index contributed by atoms with van der Waals surface area (Å²) in [6, 6.07) is 4.26. The number of thiophene rings is 1. The molecule has 0 radical (unpaired) electrons. The Bertz CT molecular complexity index is 530. The fraction of sp³-hybridized carbons (Fsp3) is 0.250. The number of hydrogen-bond acceptors (Lipinski definition) is 5. The average molecular weight is 282 g/mol. The summed E-state index contributed by atoms with van der Waals surface area (Å²) in [5.74, 6) is 0.481. The lowest BCUT2D eigenvalue weighted by molar-refractivity contribution is 0.112. The second-order valence-corrected chi connectivity index (χ2v) is 5.26. The molecule has 0 aliphatic rings. The molecule has 0 fully saturated rings. The van der Waals surface area contributed by atoms with E-state index in [4.69, 9.17) is 11.6 Å². The monoisotopic (exact) mass is 281 g/mol. The molecule has 2 aromatic heterocycles. The lowest BCUT2D eigenvalue weighted by Gasteiger charge is -2.14. The average Bonchev–Trinajstić information content (AvgIpc) is 2.82. The van der Waals surface area contributed by atoms with Crippen LogP contribution in [0, 0.1) is 0 Å². The molecular weight excluding hydrogens is 270 g/mol. The van der Waals surface area contributed by atoms with Crippen LogP contribution in [0.1, 0.15) is 22.2 Å². The number of carbonyl (C=O) groups is 1. The van der Waals surface area contributed by atoms with Crippen molar-refractivity contribution >= 4 is 35.0 Å². The molecule has 1 N–H and O–H groups in total. The van der Waals surface area contributed by atoms with Gasteiger partial charge in [0, 0.05) is 17.3 Å². The van der Waals surface area contributed by atoms with E-state index in [1.165, 1.54) is 11.2 Å². The third kappa shape index (κ3) is 3.05. The second kappa shape index (κ2) is 5.93. The first kappa shape index (κ1) is 13.0. The van der Waals surface area contributed by atoms with E-state index in [1.54, 1.807) is 11.3 Å². The summed E-state index contributed by atoms with van der Waals surface area (Å²) in [5, 5.41) is 5.39. The molecule has 0 saturated carbocycles. The highest BCUT2D eigenvalue weighted by Gasteiger charge is 2.12. The maximum Gasteiger partial charge on any atom is 0.156 e. The molecule has 0 amide bonds. The van der Waals surface area contributed by atoms with Crippen molar-refractivity contribution < 1.29 is 4.79 Å². The molecule has 0 aromatic carbocycles. The Kier molecular flexibility index (Phi) is 4.28. The van der Waals surface area contributed by atoms with Crippen LogP contribution in [-0.4, -0.2) is 22.3 Å². The molecule has 2 rings (SSSR count). The van der Waals surface area contributed by atoms with Crippen molar-refractivity contribution in [2.24, 2.45) is 0 Å². The largest absolute Gasteiger partial charge is 0.367 e. The van der Waals surface area contributed by atoms with E-state index in [2.05, 4.69) is 21.4 Å². The minimum Gasteiger partial charge on any atom is -0.367 e. The minimum atomic E-state index is 0.160. The lowest BCUT2D eigenvalue weighted by atomic mass is 10.2. The van der Waals surface area contributed by atoms with Gasteiger partial charge in [-0.1, -0.05) is 17.7 Å². The molecule has 94 valence electrons. The van der Waals surface area contributed by atoms with E-state index in [0.29, 0.717) is 17.7 Å². The summed E-state index contributed by atoms with van der Waals surface area (Å²) in [6.07, 6.45) is 2.88. The van der Waals surface area contributed by atoms with Crippen molar-refractivity contribution in [2.75, 3.05) is 5.32 Å². The van der Waals surface area contributed by atoms with Gasteiger partial charge in [0.1, 0.15) is 17.3 Å². The van der Waals surface area contributed by atoms with E-state index >= 15 is 0 Å². The number of nitrogens with one attached hydrogen (secondary N) is 1. The first-order valence-electron chi connectivity index (χ1n) is 5.45. The molecule has 2 heterocycles. The van der Waals surface area contributed by atoms with E-state index in [0.717, 1.165) is 6.42 Å². The van der Waals surface area contributed by atoms with Crippen LogP contribution in [-0.2, 0) is 6.42 Å². The van der Waals surface area contributed by atoms with Gasteiger partial charge in [-0.05, 0) is 18.4 Å². The number of nitrogens with zero attached hydrogens (tertiary/aromatic N) is 2. The van der Waals surface area contributed by atoms with Gasteiger partial charge < -0.3 is 5.32 Å². The van der Waals surface area contributed by atoms with E-state index in [9.17, 15) is 4.79 Å². The molecule has 18 heavy (non-hydrogen) atoms. The first-order chi connectivity index (χ1) is 8.70. The molecule has 4 nitrogen and oxygen atoms in total. The Labute approximate surface area is 114 Å². The quantitative estimate of drug-likeness (QED) is 0.676. The molecular formula is C12H12ClN3OS. The van der Waals surface area contributed by atoms with Crippen molar-refractivity contribution in [3.8, 4) is 0 Å². The van der Waals surface area contributed by atoms with Gasteiger partial charge in [0.05, 0.1) is 5.56 Å². The van der Waals surface area contributed by atoms with Gasteiger partial charge in [-0.25, -0.2) is 9.97 Å². The Morgan fingerprint density at radius 1 is 1.56 bits per heavy atom. The molecule has 0 bridgehead atoms. The van der Waals surface area contributed by atoms with Crippen molar-refractivity contribution in [3.63, 3.8) is 0 Å². The highest BCUT2D eigenvalue weighted by atomic mass is 35.5. The van der Waals surface area contributed by atoms with Gasteiger partial charge >= 0.3 is 0 Å². The third-order valence-corrected chi connectivity index (χ3v) is 3.62. The predicted molar refractivity (Wildman–Crippen MR) is 73.5 cm³/mol. The Morgan fingerprint density at radius 2 is 2.39 bits per heavy atom. The van der Waals surface area contributed by atoms with Crippen molar-refractivity contribution in [3.05, 3.63) is 39.4 Å². The first-order valence-corrected chi connectivity index (χ1v) is 6.71. The number of hydrogen-bond donors (Lipinski definition) is 1. The smallest absolute Gasteiger partial charge is 0.156 e. The number of aromatic nitrogens is 2. The standard InChI is InChI=1S/C12H12ClN3OS/c1-8(5-9-3-2-4-18-9)16-12-10(6-17)11(13)14-7-15-12/h2-4,6-8H,5H2,1H3,(H,14,15,16). The molecule has 0 spiro atoms. The SMILES string of the molecule is CC(Cc1cccs1)Nc1ncnc(Cl)c1C=O. The molecule has 0 saturated heterocycles. The molecule has 2 aromatic rings. The van der Waals surface area contributed by atoms with Gasteiger partial charge in [-0.15, -0.1) is 11.3 Å². The number of anilines is 1. The van der Waals surface area contributed by atoms with Crippen molar-refractivity contribution in [2.45, 2.75) is 19.4 Å². The third-order valence-electron chi connectivity index (χ3n) is 2.42. The number of carbonyl (C=O) groups excluding carboxylic acids is 1. The fourth-order valence-electron chi connectivity index (χ4n) is 1.61. The Morgan fingerprint density at radius 3 is 3.06 bits per heavy atom.